The van der Waals surface area contributed by atoms with Crippen LogP contribution in [0.15, 0.2) is 58.6 Å². The fraction of sp³-hybridized carbons (Fsp3) is 0.348. The Bertz CT molecular complexity index is 927. The number of hydrogen-bond acceptors (Lipinski definition) is 5. The van der Waals surface area contributed by atoms with Gasteiger partial charge in [-0.3, -0.25) is 4.90 Å². The Morgan fingerprint density at radius 2 is 2.07 bits per heavy atom. The van der Waals surface area contributed by atoms with E-state index in [4.69, 9.17) is 0 Å². The van der Waals surface area contributed by atoms with E-state index >= 15 is 0 Å². The van der Waals surface area contributed by atoms with Gasteiger partial charge in [0.2, 0.25) is 0 Å². The van der Waals surface area contributed by atoms with Gasteiger partial charge in [0.1, 0.15) is 0 Å². The number of aliphatic hydroxyl groups excluding tert-OH is 1. The minimum Gasteiger partial charge on any atom is -0.395 e. The van der Waals surface area contributed by atoms with E-state index in [1.165, 1.54) is 16.0 Å². The van der Waals surface area contributed by atoms with Crippen molar-refractivity contribution in [3.8, 4) is 0 Å². The highest BCUT2D eigenvalue weighted by Crippen LogP contribution is 2.30. The number of amides is 2. The van der Waals surface area contributed by atoms with Gasteiger partial charge in [-0.25, -0.2) is 4.79 Å². The smallest absolute Gasteiger partial charge is 0.317 e. The molecule has 0 fully saturated rings. The number of nitrogens with one attached hydrogen (secondary N) is 1. The molecule has 0 aliphatic carbocycles. The van der Waals surface area contributed by atoms with Crippen LogP contribution in [-0.2, 0) is 19.5 Å². The Hall–Kier alpha value is -2.19. The van der Waals surface area contributed by atoms with Crippen molar-refractivity contribution in [1.29, 1.82) is 0 Å². The van der Waals surface area contributed by atoms with Crippen LogP contribution in [0.5, 0.6) is 0 Å². The summed E-state index contributed by atoms with van der Waals surface area (Å²) in [7, 11) is 0. The van der Waals surface area contributed by atoms with Crippen molar-refractivity contribution >= 4 is 28.7 Å². The average molecular weight is 442 g/mol. The van der Waals surface area contributed by atoms with Crippen LogP contribution in [0, 0.1) is 0 Å². The van der Waals surface area contributed by atoms with E-state index in [2.05, 4.69) is 45.9 Å². The third-order valence-electron chi connectivity index (χ3n) is 5.52. The van der Waals surface area contributed by atoms with E-state index in [1.807, 2.05) is 34.2 Å². The van der Waals surface area contributed by atoms with Gasteiger partial charge in [-0.15, -0.1) is 11.3 Å². The minimum atomic E-state index is -0.135. The molecule has 3 aromatic rings. The maximum absolute atomic E-state index is 12.9. The maximum atomic E-state index is 12.9. The molecule has 0 saturated carbocycles. The number of benzene rings is 1. The predicted octanol–water partition coefficient (Wildman–Crippen LogP) is 4.11. The van der Waals surface area contributed by atoms with E-state index in [1.54, 1.807) is 16.2 Å². The number of carbonyl (C=O) groups is 1. The van der Waals surface area contributed by atoms with Crippen molar-refractivity contribution in [2.75, 3.05) is 26.2 Å². The molecule has 1 aliphatic heterocycles. The lowest BCUT2D eigenvalue weighted by Crippen LogP contribution is -2.45. The molecule has 0 radical (unpaired) electrons. The molecule has 0 bridgehead atoms. The van der Waals surface area contributed by atoms with Gasteiger partial charge in [-0.05, 0) is 51.4 Å². The van der Waals surface area contributed by atoms with Gasteiger partial charge in [-0.1, -0.05) is 30.3 Å². The predicted molar refractivity (Wildman–Crippen MR) is 123 cm³/mol. The molecule has 2 amide bonds. The molecule has 158 valence electrons. The normalized spacial score (nSPS) is 14.8. The zero-order chi connectivity index (χ0) is 20.8. The van der Waals surface area contributed by atoms with Gasteiger partial charge in [0, 0.05) is 37.6 Å². The van der Waals surface area contributed by atoms with Gasteiger partial charge in [-0.2, -0.15) is 11.3 Å². The average Bonchev–Trinajstić information content (AvgIpc) is 3.45. The first kappa shape index (κ1) is 21.1. The van der Waals surface area contributed by atoms with Crippen molar-refractivity contribution < 1.29 is 9.90 Å². The number of thiophene rings is 2. The van der Waals surface area contributed by atoms with Crippen molar-refractivity contribution in [1.82, 2.24) is 15.1 Å². The SMILES string of the molecule is O=C(NCC(c1ccccc1)N1CCc2sccc2C1)N(CCO)Cc1ccsc1. The summed E-state index contributed by atoms with van der Waals surface area (Å²) in [5, 5.41) is 18.8. The van der Waals surface area contributed by atoms with Crippen LogP contribution < -0.4 is 5.32 Å². The van der Waals surface area contributed by atoms with Gasteiger partial charge in [0.05, 0.1) is 12.6 Å². The van der Waals surface area contributed by atoms with Crippen LogP contribution in [0.25, 0.3) is 0 Å². The maximum Gasteiger partial charge on any atom is 0.317 e. The Labute approximate surface area is 185 Å². The number of nitrogens with zero attached hydrogens (tertiary/aromatic N) is 2. The van der Waals surface area contributed by atoms with Crippen molar-refractivity contribution in [3.05, 3.63) is 80.2 Å². The van der Waals surface area contributed by atoms with Gasteiger partial charge in [0.25, 0.3) is 0 Å². The Balaban J connectivity index is 1.45. The molecule has 4 rings (SSSR count). The molecule has 0 saturated heterocycles. The van der Waals surface area contributed by atoms with Gasteiger partial charge >= 0.3 is 6.03 Å². The second kappa shape index (κ2) is 10.2. The third kappa shape index (κ3) is 5.10. The molecular weight excluding hydrogens is 414 g/mol. The summed E-state index contributed by atoms with van der Waals surface area (Å²) in [6.07, 6.45) is 1.05. The van der Waals surface area contributed by atoms with Crippen molar-refractivity contribution in [2.24, 2.45) is 0 Å². The van der Waals surface area contributed by atoms with E-state index < -0.39 is 0 Å². The van der Waals surface area contributed by atoms with Crippen LogP contribution in [0.2, 0.25) is 0 Å². The summed E-state index contributed by atoms with van der Waals surface area (Å²) in [6, 6.07) is 14.6. The molecular formula is C23H27N3O2S2. The van der Waals surface area contributed by atoms with E-state index in [0.29, 0.717) is 19.6 Å². The Kier molecular flexibility index (Phi) is 7.17. The van der Waals surface area contributed by atoms with Crippen LogP contribution in [0.1, 0.15) is 27.6 Å². The lowest BCUT2D eigenvalue weighted by atomic mass is 10.0. The molecule has 2 aromatic heterocycles. The molecule has 1 aliphatic rings. The number of urea groups is 1. The minimum absolute atomic E-state index is 0.0489. The number of hydrogen-bond donors (Lipinski definition) is 2. The van der Waals surface area contributed by atoms with Crippen LogP contribution in [0.3, 0.4) is 0 Å². The number of fused-ring (bicyclic) bond motifs is 1. The first-order chi connectivity index (χ1) is 14.7. The summed E-state index contributed by atoms with van der Waals surface area (Å²) in [5.41, 5.74) is 3.70. The second-order valence-electron chi connectivity index (χ2n) is 7.48. The highest BCUT2D eigenvalue weighted by Gasteiger charge is 2.26. The monoisotopic (exact) mass is 441 g/mol. The molecule has 1 aromatic carbocycles. The molecule has 2 N–H and O–H groups in total. The highest BCUT2D eigenvalue weighted by atomic mass is 32.1. The van der Waals surface area contributed by atoms with E-state index in [9.17, 15) is 9.90 Å². The summed E-state index contributed by atoms with van der Waals surface area (Å²) >= 11 is 3.45. The van der Waals surface area contributed by atoms with Gasteiger partial charge in [0.15, 0.2) is 0 Å². The summed E-state index contributed by atoms with van der Waals surface area (Å²) < 4.78 is 0. The number of aliphatic hydroxyl groups is 1. The molecule has 1 atom stereocenters. The Morgan fingerprint density at radius 3 is 2.83 bits per heavy atom. The van der Waals surface area contributed by atoms with Gasteiger partial charge < -0.3 is 15.3 Å². The van der Waals surface area contributed by atoms with Crippen LogP contribution in [0.4, 0.5) is 4.79 Å². The van der Waals surface area contributed by atoms with Crippen LogP contribution in [-0.4, -0.2) is 47.2 Å². The zero-order valence-corrected chi connectivity index (χ0v) is 18.5. The summed E-state index contributed by atoms with van der Waals surface area (Å²) in [4.78, 5) is 18.5. The lowest BCUT2D eigenvalue weighted by molar-refractivity contribution is 0.157. The molecule has 3 heterocycles. The van der Waals surface area contributed by atoms with E-state index in [0.717, 1.165) is 25.1 Å². The van der Waals surface area contributed by atoms with Crippen molar-refractivity contribution in [3.63, 3.8) is 0 Å². The highest BCUT2D eigenvalue weighted by molar-refractivity contribution is 7.10. The van der Waals surface area contributed by atoms with E-state index in [-0.39, 0.29) is 18.7 Å². The molecule has 7 heteroatoms. The van der Waals surface area contributed by atoms with Crippen molar-refractivity contribution in [2.45, 2.75) is 25.6 Å². The number of carbonyl (C=O) groups excluding carboxylic acids is 1. The largest absolute Gasteiger partial charge is 0.395 e. The molecule has 1 unspecified atom stereocenters. The quantitative estimate of drug-likeness (QED) is 0.553. The second-order valence-corrected chi connectivity index (χ2v) is 9.26. The molecule has 5 nitrogen and oxygen atoms in total. The molecule has 30 heavy (non-hydrogen) atoms. The summed E-state index contributed by atoms with van der Waals surface area (Å²) in [5.74, 6) is 0. The topological polar surface area (TPSA) is 55.8 Å². The van der Waals surface area contributed by atoms with Crippen LogP contribution >= 0.6 is 22.7 Å². The fourth-order valence-corrected chi connectivity index (χ4v) is 5.49. The number of rotatable bonds is 8. The first-order valence-corrected chi connectivity index (χ1v) is 12.1. The lowest BCUT2D eigenvalue weighted by Gasteiger charge is -2.35. The molecule has 0 spiro atoms. The standard InChI is InChI=1S/C23H27N3O2S2/c27-11-10-26(15-18-7-12-29-17-18)23(28)24-14-21(19-4-2-1-3-5-19)25-9-6-22-20(16-25)8-13-30-22/h1-5,7-8,12-13,17,21,27H,6,9-11,14-16H2,(H,24,28). The fourth-order valence-electron chi connectivity index (χ4n) is 3.94. The zero-order valence-electron chi connectivity index (χ0n) is 16.9. The third-order valence-corrected chi connectivity index (χ3v) is 7.27. The Morgan fingerprint density at radius 1 is 1.20 bits per heavy atom. The summed E-state index contributed by atoms with van der Waals surface area (Å²) in [6.45, 7) is 3.20. The first-order valence-electron chi connectivity index (χ1n) is 10.2.